The minimum atomic E-state index is -0.509. The largest absolute Gasteiger partial charge is 0.444 e. The van der Waals surface area contributed by atoms with Crippen molar-refractivity contribution in [3.05, 3.63) is 0 Å². The van der Waals surface area contributed by atoms with Crippen LogP contribution in [-0.2, 0) is 9.53 Å². The smallest absolute Gasteiger partial charge is 0.410 e. The Labute approximate surface area is 97.1 Å². The molecule has 0 fully saturated rings. The van der Waals surface area contributed by atoms with E-state index in [1.807, 2.05) is 20.8 Å². The van der Waals surface area contributed by atoms with Crippen molar-refractivity contribution in [1.82, 2.24) is 10.2 Å². The van der Waals surface area contributed by atoms with Crippen LogP contribution in [0.2, 0.25) is 0 Å². The van der Waals surface area contributed by atoms with E-state index in [2.05, 4.69) is 5.32 Å². The third kappa shape index (κ3) is 6.40. The van der Waals surface area contributed by atoms with E-state index in [1.165, 1.54) is 4.90 Å². The van der Waals surface area contributed by atoms with Crippen molar-refractivity contribution in [2.24, 2.45) is 5.92 Å². The van der Waals surface area contributed by atoms with Gasteiger partial charge in [0, 0.05) is 26.1 Å². The predicted molar refractivity (Wildman–Crippen MR) is 62.3 cm³/mol. The Balaban J connectivity index is 4.18. The van der Waals surface area contributed by atoms with Gasteiger partial charge < -0.3 is 19.7 Å². The second kappa shape index (κ2) is 6.48. The van der Waals surface area contributed by atoms with E-state index in [9.17, 15) is 9.59 Å². The number of hydrogen-bond acceptors (Lipinski definition) is 4. The van der Waals surface area contributed by atoms with Crippen LogP contribution >= 0.6 is 0 Å². The van der Waals surface area contributed by atoms with Crippen molar-refractivity contribution in [2.45, 2.75) is 26.4 Å². The van der Waals surface area contributed by atoms with Gasteiger partial charge in [-0.2, -0.15) is 0 Å². The van der Waals surface area contributed by atoms with Crippen LogP contribution in [0.25, 0.3) is 0 Å². The van der Waals surface area contributed by atoms with Gasteiger partial charge in [-0.05, 0) is 27.8 Å². The van der Waals surface area contributed by atoms with Crippen LogP contribution in [0.5, 0.6) is 0 Å². The molecule has 94 valence electrons. The molecule has 0 spiro atoms. The number of ether oxygens (including phenoxy) is 1. The van der Waals surface area contributed by atoms with Crippen LogP contribution in [-0.4, -0.2) is 50.1 Å². The fourth-order valence-electron chi connectivity index (χ4n) is 1.18. The molecular formula is C11H22N2O3. The summed E-state index contributed by atoms with van der Waals surface area (Å²) in [6.45, 7) is 6.34. The molecule has 0 rings (SSSR count). The molecule has 1 atom stereocenters. The highest BCUT2D eigenvalue weighted by Gasteiger charge is 2.21. The summed E-state index contributed by atoms with van der Waals surface area (Å²) in [6, 6.07) is 0. The second-order valence-electron chi connectivity index (χ2n) is 4.81. The van der Waals surface area contributed by atoms with E-state index in [0.29, 0.717) is 13.1 Å². The van der Waals surface area contributed by atoms with Gasteiger partial charge in [0.25, 0.3) is 0 Å². The molecule has 0 aliphatic heterocycles. The van der Waals surface area contributed by atoms with Crippen LogP contribution in [0, 0.1) is 5.92 Å². The summed E-state index contributed by atoms with van der Waals surface area (Å²) in [5.74, 6) is -0.206. The molecule has 0 heterocycles. The second-order valence-corrected chi connectivity index (χ2v) is 4.81. The first-order chi connectivity index (χ1) is 7.30. The number of carbonyl (C=O) groups is 2. The lowest BCUT2D eigenvalue weighted by molar-refractivity contribution is -0.111. The molecule has 0 aromatic heterocycles. The van der Waals surface area contributed by atoms with Crippen molar-refractivity contribution in [1.29, 1.82) is 0 Å². The number of carbonyl (C=O) groups excluding carboxylic acids is 2. The molecule has 0 saturated carbocycles. The molecule has 0 bridgehead atoms. The number of nitrogens with zero attached hydrogens (tertiary/aromatic N) is 1. The van der Waals surface area contributed by atoms with Crippen molar-refractivity contribution in [3.8, 4) is 0 Å². The number of amides is 1. The van der Waals surface area contributed by atoms with Gasteiger partial charge in [0.05, 0.1) is 0 Å². The lowest BCUT2D eigenvalue weighted by atomic mass is 10.1. The third-order valence-electron chi connectivity index (χ3n) is 1.87. The SMILES string of the molecule is CNCC(C=O)CN(C)C(=O)OC(C)(C)C. The number of rotatable bonds is 5. The standard InChI is InChI=1S/C11H22N2O3/c1-11(2,3)16-10(15)13(5)7-9(8-14)6-12-4/h8-9,12H,6-7H2,1-5H3. The van der Waals surface area contributed by atoms with Gasteiger partial charge in [-0.25, -0.2) is 4.79 Å². The normalized spacial score (nSPS) is 13.1. The third-order valence-corrected chi connectivity index (χ3v) is 1.87. The Kier molecular flexibility index (Phi) is 6.03. The summed E-state index contributed by atoms with van der Waals surface area (Å²) in [6.07, 6.45) is 0.438. The van der Waals surface area contributed by atoms with Crippen LogP contribution in [0.3, 0.4) is 0 Å². The Hall–Kier alpha value is -1.10. The summed E-state index contributed by atoms with van der Waals surface area (Å²) in [5.41, 5.74) is -0.509. The molecule has 0 aromatic rings. The van der Waals surface area contributed by atoms with Gasteiger partial charge in [-0.3, -0.25) is 0 Å². The molecule has 5 nitrogen and oxygen atoms in total. The minimum absolute atomic E-state index is 0.206. The lowest BCUT2D eigenvalue weighted by Crippen LogP contribution is -2.39. The summed E-state index contributed by atoms with van der Waals surface area (Å²) >= 11 is 0. The Morgan fingerprint density at radius 1 is 1.50 bits per heavy atom. The van der Waals surface area contributed by atoms with Crippen molar-refractivity contribution in [3.63, 3.8) is 0 Å². The summed E-state index contributed by atoms with van der Waals surface area (Å²) < 4.78 is 5.17. The Bertz CT molecular complexity index is 236. The van der Waals surface area contributed by atoms with Crippen LogP contribution in [0.1, 0.15) is 20.8 Å². The Morgan fingerprint density at radius 2 is 2.06 bits per heavy atom. The lowest BCUT2D eigenvalue weighted by Gasteiger charge is -2.26. The van der Waals surface area contributed by atoms with Crippen molar-refractivity contribution < 1.29 is 14.3 Å². The average molecular weight is 230 g/mol. The number of nitrogens with one attached hydrogen (secondary N) is 1. The van der Waals surface area contributed by atoms with Crippen LogP contribution in [0.15, 0.2) is 0 Å². The molecule has 0 saturated heterocycles. The highest BCUT2D eigenvalue weighted by Crippen LogP contribution is 2.09. The molecule has 0 aromatic carbocycles. The highest BCUT2D eigenvalue weighted by atomic mass is 16.6. The van der Waals surface area contributed by atoms with Gasteiger partial charge in [0.15, 0.2) is 0 Å². The van der Waals surface area contributed by atoms with Gasteiger partial charge in [0.1, 0.15) is 11.9 Å². The molecule has 1 unspecified atom stereocenters. The monoisotopic (exact) mass is 230 g/mol. The topological polar surface area (TPSA) is 58.6 Å². The number of hydrogen-bond donors (Lipinski definition) is 1. The first-order valence-corrected chi connectivity index (χ1v) is 5.34. The molecule has 5 heteroatoms. The van der Waals surface area contributed by atoms with Gasteiger partial charge >= 0.3 is 6.09 Å². The van der Waals surface area contributed by atoms with E-state index >= 15 is 0 Å². The maximum absolute atomic E-state index is 11.6. The van der Waals surface area contributed by atoms with Gasteiger partial charge in [-0.1, -0.05) is 0 Å². The summed E-state index contributed by atoms with van der Waals surface area (Å²) in [4.78, 5) is 23.7. The fraction of sp³-hybridized carbons (Fsp3) is 0.818. The first-order valence-electron chi connectivity index (χ1n) is 5.34. The molecule has 0 aliphatic rings. The van der Waals surface area contributed by atoms with E-state index in [4.69, 9.17) is 4.74 Å². The predicted octanol–water partition coefficient (Wildman–Crippen LogP) is 0.888. The zero-order chi connectivity index (χ0) is 12.8. The molecule has 0 aliphatic carbocycles. The average Bonchev–Trinajstić information content (AvgIpc) is 2.14. The van der Waals surface area contributed by atoms with E-state index in [0.717, 1.165) is 6.29 Å². The number of aldehydes is 1. The first kappa shape index (κ1) is 14.9. The molecule has 16 heavy (non-hydrogen) atoms. The molecule has 1 amide bonds. The molecule has 0 radical (unpaired) electrons. The van der Waals surface area contributed by atoms with Crippen LogP contribution in [0.4, 0.5) is 4.79 Å². The van der Waals surface area contributed by atoms with E-state index < -0.39 is 11.7 Å². The summed E-state index contributed by atoms with van der Waals surface area (Å²) in [7, 11) is 3.39. The maximum atomic E-state index is 11.6. The van der Waals surface area contributed by atoms with Gasteiger partial charge in [0.2, 0.25) is 0 Å². The zero-order valence-electron chi connectivity index (χ0n) is 10.7. The summed E-state index contributed by atoms with van der Waals surface area (Å²) in [5, 5.41) is 2.90. The van der Waals surface area contributed by atoms with Gasteiger partial charge in [-0.15, -0.1) is 0 Å². The zero-order valence-corrected chi connectivity index (χ0v) is 10.7. The van der Waals surface area contributed by atoms with E-state index in [-0.39, 0.29) is 5.92 Å². The van der Waals surface area contributed by atoms with E-state index in [1.54, 1.807) is 14.1 Å². The molecule has 1 N–H and O–H groups in total. The molecular weight excluding hydrogens is 208 g/mol. The van der Waals surface area contributed by atoms with Crippen LogP contribution < -0.4 is 5.32 Å². The Morgan fingerprint density at radius 3 is 2.44 bits per heavy atom. The minimum Gasteiger partial charge on any atom is -0.444 e. The van der Waals surface area contributed by atoms with Crippen molar-refractivity contribution >= 4 is 12.4 Å². The maximum Gasteiger partial charge on any atom is 0.410 e. The highest BCUT2D eigenvalue weighted by molar-refractivity contribution is 5.68. The van der Waals surface area contributed by atoms with Crippen molar-refractivity contribution in [2.75, 3.05) is 27.2 Å². The quantitative estimate of drug-likeness (QED) is 0.713. The fourth-order valence-corrected chi connectivity index (χ4v) is 1.18.